The number of carbonyl (C=O) groups is 1. The van der Waals surface area contributed by atoms with Gasteiger partial charge in [0.05, 0.1) is 16.5 Å². The number of sulfone groups is 1. The van der Waals surface area contributed by atoms with E-state index < -0.39 is 9.84 Å². The molecule has 0 spiro atoms. The van der Waals surface area contributed by atoms with E-state index in [1.807, 2.05) is 19.9 Å². The average molecular weight is 425 g/mol. The van der Waals surface area contributed by atoms with Crippen LogP contribution in [0.5, 0.6) is 5.75 Å². The van der Waals surface area contributed by atoms with Crippen molar-refractivity contribution in [2.24, 2.45) is 0 Å². The maximum absolute atomic E-state index is 12.4. The Morgan fingerprint density at radius 1 is 1.48 bits per heavy atom. The number of aryl methyl sites for hydroxylation is 1. The van der Waals surface area contributed by atoms with Gasteiger partial charge in [-0.3, -0.25) is 4.79 Å². The zero-order valence-electron chi connectivity index (χ0n) is 13.0. The number of rotatable bonds is 5. The van der Waals surface area contributed by atoms with Crippen LogP contribution >= 0.6 is 27.5 Å². The summed E-state index contributed by atoms with van der Waals surface area (Å²) in [6.45, 7) is 3.97. The minimum absolute atomic E-state index is 0.0324. The SMILES string of the molecule is CCN(C(=O)COc1c(C)cc(Br)cc1Cl)[C@H]1CCS(=O)(=O)C1. The summed E-state index contributed by atoms with van der Waals surface area (Å²) < 4.78 is 29.6. The summed E-state index contributed by atoms with van der Waals surface area (Å²) in [5.41, 5.74) is 0.823. The maximum Gasteiger partial charge on any atom is 0.260 e. The number of hydrogen-bond donors (Lipinski definition) is 0. The van der Waals surface area contributed by atoms with Gasteiger partial charge in [-0.05, 0) is 38.0 Å². The smallest absolute Gasteiger partial charge is 0.260 e. The summed E-state index contributed by atoms with van der Waals surface area (Å²) in [7, 11) is -3.03. The third kappa shape index (κ3) is 4.61. The summed E-state index contributed by atoms with van der Waals surface area (Å²) in [5.74, 6) is 0.413. The zero-order valence-corrected chi connectivity index (χ0v) is 16.2. The van der Waals surface area contributed by atoms with Crippen LogP contribution in [0.2, 0.25) is 5.02 Å². The van der Waals surface area contributed by atoms with Gasteiger partial charge in [0.2, 0.25) is 0 Å². The van der Waals surface area contributed by atoms with Crippen LogP contribution in [0.1, 0.15) is 18.9 Å². The molecule has 1 aliphatic heterocycles. The van der Waals surface area contributed by atoms with Gasteiger partial charge in [0, 0.05) is 17.1 Å². The average Bonchev–Trinajstić information content (AvgIpc) is 2.78. The number of halogens is 2. The summed E-state index contributed by atoms with van der Waals surface area (Å²) in [6, 6.07) is 3.30. The van der Waals surface area contributed by atoms with E-state index in [-0.39, 0.29) is 30.1 Å². The van der Waals surface area contributed by atoms with Crippen molar-refractivity contribution in [1.29, 1.82) is 0 Å². The fourth-order valence-corrected chi connectivity index (χ4v) is 5.50. The fraction of sp³-hybridized carbons (Fsp3) is 0.533. The number of hydrogen-bond acceptors (Lipinski definition) is 4. The Balaban J connectivity index is 2.04. The normalized spacial score (nSPS) is 19.6. The molecule has 8 heteroatoms. The highest BCUT2D eigenvalue weighted by Gasteiger charge is 2.34. The third-order valence-electron chi connectivity index (χ3n) is 3.84. The highest BCUT2D eigenvalue weighted by Crippen LogP contribution is 2.32. The lowest BCUT2D eigenvalue weighted by molar-refractivity contribution is -0.135. The summed E-state index contributed by atoms with van der Waals surface area (Å²) >= 11 is 9.48. The lowest BCUT2D eigenvalue weighted by Crippen LogP contribution is -2.43. The van der Waals surface area contributed by atoms with Gasteiger partial charge in [0.15, 0.2) is 16.4 Å². The molecule has 0 unspecified atom stereocenters. The molecule has 0 saturated carbocycles. The molecule has 1 heterocycles. The van der Waals surface area contributed by atoms with E-state index >= 15 is 0 Å². The standard InChI is InChI=1S/C15H19BrClNO4S/c1-3-18(12-4-5-23(20,21)9-12)14(19)8-22-15-10(2)6-11(16)7-13(15)17/h6-7,12H,3-5,8-9H2,1-2H3/t12-/m0/s1. The van der Waals surface area contributed by atoms with Gasteiger partial charge < -0.3 is 9.64 Å². The van der Waals surface area contributed by atoms with Crippen molar-refractivity contribution in [1.82, 2.24) is 4.90 Å². The Morgan fingerprint density at radius 2 is 2.17 bits per heavy atom. The Labute approximate surface area is 150 Å². The highest BCUT2D eigenvalue weighted by atomic mass is 79.9. The van der Waals surface area contributed by atoms with Gasteiger partial charge in [-0.2, -0.15) is 0 Å². The van der Waals surface area contributed by atoms with Crippen LogP contribution in [0.15, 0.2) is 16.6 Å². The molecule has 1 aromatic carbocycles. The first-order valence-corrected chi connectivity index (χ1v) is 10.3. The lowest BCUT2D eigenvalue weighted by atomic mass is 10.2. The minimum atomic E-state index is -3.03. The first kappa shape index (κ1) is 18.5. The molecule has 2 rings (SSSR count). The molecular weight excluding hydrogens is 406 g/mol. The van der Waals surface area contributed by atoms with Gasteiger partial charge in [0.25, 0.3) is 5.91 Å². The lowest BCUT2D eigenvalue weighted by Gasteiger charge is -2.27. The second-order valence-corrected chi connectivity index (χ2v) is 9.11. The van der Waals surface area contributed by atoms with Crippen molar-refractivity contribution in [3.8, 4) is 5.75 Å². The molecule has 1 aromatic rings. The molecule has 1 atom stereocenters. The van der Waals surface area contributed by atoms with E-state index in [1.54, 1.807) is 11.0 Å². The molecule has 1 aliphatic rings. The Kier molecular flexibility index (Phi) is 5.97. The quantitative estimate of drug-likeness (QED) is 0.729. The van der Waals surface area contributed by atoms with Gasteiger partial charge in [0.1, 0.15) is 5.75 Å². The maximum atomic E-state index is 12.4. The second-order valence-electron chi connectivity index (χ2n) is 5.56. The molecule has 0 aromatic heterocycles. The predicted octanol–water partition coefficient (Wildman–Crippen LogP) is 2.83. The van der Waals surface area contributed by atoms with Crippen LogP contribution in [0.25, 0.3) is 0 Å². The Bertz CT molecular complexity index is 684. The number of benzene rings is 1. The molecule has 0 radical (unpaired) electrons. The van der Waals surface area contributed by atoms with Crippen LogP contribution in [-0.4, -0.2) is 49.9 Å². The van der Waals surface area contributed by atoms with E-state index in [4.69, 9.17) is 16.3 Å². The first-order chi connectivity index (χ1) is 10.7. The molecule has 1 saturated heterocycles. The van der Waals surface area contributed by atoms with Crippen LogP contribution in [0.4, 0.5) is 0 Å². The van der Waals surface area contributed by atoms with Gasteiger partial charge in [-0.1, -0.05) is 27.5 Å². The summed E-state index contributed by atoms with van der Waals surface area (Å²) in [6.07, 6.45) is 0.486. The van der Waals surface area contributed by atoms with Crippen LogP contribution < -0.4 is 4.74 Å². The second kappa shape index (κ2) is 7.40. The molecule has 23 heavy (non-hydrogen) atoms. The predicted molar refractivity (Wildman–Crippen MR) is 93.8 cm³/mol. The van der Waals surface area contributed by atoms with E-state index in [0.717, 1.165) is 10.0 Å². The summed E-state index contributed by atoms with van der Waals surface area (Å²) in [4.78, 5) is 14.0. The molecule has 1 amide bonds. The van der Waals surface area contributed by atoms with Gasteiger partial charge in [-0.25, -0.2) is 8.42 Å². The monoisotopic (exact) mass is 423 g/mol. The van der Waals surface area contributed by atoms with Crippen molar-refractivity contribution >= 4 is 43.3 Å². The van der Waals surface area contributed by atoms with Crippen LogP contribution in [0.3, 0.4) is 0 Å². The van der Waals surface area contributed by atoms with Crippen LogP contribution in [-0.2, 0) is 14.6 Å². The van der Waals surface area contributed by atoms with Crippen molar-refractivity contribution in [3.05, 3.63) is 27.2 Å². The number of ether oxygens (including phenoxy) is 1. The molecule has 128 valence electrons. The summed E-state index contributed by atoms with van der Waals surface area (Å²) in [5, 5.41) is 0.427. The molecule has 0 aliphatic carbocycles. The number of amides is 1. The third-order valence-corrected chi connectivity index (χ3v) is 6.33. The van der Waals surface area contributed by atoms with Gasteiger partial charge >= 0.3 is 0 Å². The topological polar surface area (TPSA) is 63.7 Å². The van der Waals surface area contributed by atoms with Crippen LogP contribution in [0, 0.1) is 6.92 Å². The highest BCUT2D eigenvalue weighted by molar-refractivity contribution is 9.10. The van der Waals surface area contributed by atoms with Crippen molar-refractivity contribution < 1.29 is 17.9 Å². The Hall–Kier alpha value is -0.790. The largest absolute Gasteiger partial charge is 0.482 e. The van der Waals surface area contributed by atoms with E-state index in [9.17, 15) is 13.2 Å². The Morgan fingerprint density at radius 3 is 2.70 bits per heavy atom. The number of nitrogens with zero attached hydrogens (tertiary/aromatic N) is 1. The number of carbonyl (C=O) groups excluding carboxylic acids is 1. The fourth-order valence-electron chi connectivity index (χ4n) is 2.75. The van der Waals surface area contributed by atoms with E-state index in [1.165, 1.54) is 0 Å². The zero-order chi connectivity index (χ0) is 17.2. The van der Waals surface area contributed by atoms with Crippen molar-refractivity contribution in [2.45, 2.75) is 26.3 Å². The van der Waals surface area contributed by atoms with Crippen molar-refractivity contribution in [2.75, 3.05) is 24.7 Å². The van der Waals surface area contributed by atoms with Crippen molar-refractivity contribution in [3.63, 3.8) is 0 Å². The first-order valence-electron chi connectivity index (χ1n) is 7.32. The van der Waals surface area contributed by atoms with E-state index in [2.05, 4.69) is 15.9 Å². The molecular formula is C15H19BrClNO4S. The van der Waals surface area contributed by atoms with E-state index in [0.29, 0.717) is 23.7 Å². The van der Waals surface area contributed by atoms with Gasteiger partial charge in [-0.15, -0.1) is 0 Å². The molecule has 1 fully saturated rings. The minimum Gasteiger partial charge on any atom is -0.482 e. The molecule has 0 bridgehead atoms. The number of likely N-dealkylation sites (N-methyl/N-ethyl adjacent to an activating group) is 1. The molecule has 5 nitrogen and oxygen atoms in total. The molecule has 0 N–H and O–H groups in total.